The van der Waals surface area contributed by atoms with Crippen LogP contribution in [0.25, 0.3) is 0 Å². The van der Waals surface area contributed by atoms with E-state index in [2.05, 4.69) is 17.0 Å². The van der Waals surface area contributed by atoms with Crippen molar-refractivity contribution in [3.05, 3.63) is 46.6 Å². The van der Waals surface area contributed by atoms with Gasteiger partial charge < -0.3 is 9.26 Å². The predicted molar refractivity (Wildman–Crippen MR) is 78.7 cm³/mol. The molecule has 114 valence electrons. The summed E-state index contributed by atoms with van der Waals surface area (Å²) in [7, 11) is 1.47. The molecule has 0 unspecified atom stereocenters. The number of methoxy groups -OCH3 is 1. The zero-order valence-electron chi connectivity index (χ0n) is 12.9. The van der Waals surface area contributed by atoms with Gasteiger partial charge in [0.25, 0.3) is 0 Å². The van der Waals surface area contributed by atoms with Crippen LogP contribution in [0.15, 0.2) is 22.7 Å². The van der Waals surface area contributed by atoms with E-state index in [4.69, 9.17) is 9.26 Å². The van der Waals surface area contributed by atoms with Crippen molar-refractivity contribution in [3.63, 3.8) is 0 Å². The fourth-order valence-corrected chi connectivity index (χ4v) is 2.30. The highest BCUT2D eigenvalue weighted by Gasteiger charge is 2.14. The van der Waals surface area contributed by atoms with Crippen molar-refractivity contribution in [3.8, 4) is 5.75 Å². The van der Waals surface area contributed by atoms with Crippen LogP contribution in [0.5, 0.6) is 5.75 Å². The van der Waals surface area contributed by atoms with Crippen molar-refractivity contribution in [2.24, 2.45) is 0 Å². The molecule has 0 aliphatic heterocycles. The van der Waals surface area contributed by atoms with Gasteiger partial charge >= 0.3 is 0 Å². The molecular weight excluding hydrogens is 271 g/mol. The van der Waals surface area contributed by atoms with Gasteiger partial charge in [0.1, 0.15) is 5.76 Å². The number of hydrogen-bond acceptors (Lipinski definition) is 4. The van der Waals surface area contributed by atoms with Crippen molar-refractivity contribution in [1.82, 2.24) is 10.1 Å². The molecule has 1 aromatic carbocycles. The molecule has 2 aromatic rings. The van der Waals surface area contributed by atoms with Crippen LogP contribution in [0.2, 0.25) is 0 Å². The van der Waals surface area contributed by atoms with E-state index in [1.54, 1.807) is 6.07 Å². The van der Waals surface area contributed by atoms with E-state index in [-0.39, 0.29) is 11.6 Å². The predicted octanol–water partition coefficient (Wildman–Crippen LogP) is 3.46. The quantitative estimate of drug-likeness (QED) is 0.817. The van der Waals surface area contributed by atoms with Gasteiger partial charge in [0.15, 0.2) is 11.6 Å². The second kappa shape index (κ2) is 6.72. The van der Waals surface area contributed by atoms with Gasteiger partial charge in [0, 0.05) is 18.7 Å². The van der Waals surface area contributed by atoms with Gasteiger partial charge in [-0.2, -0.15) is 0 Å². The summed E-state index contributed by atoms with van der Waals surface area (Å²) >= 11 is 0. The number of aromatic nitrogens is 1. The minimum atomic E-state index is -0.330. The molecule has 2 rings (SSSR count). The molecule has 0 aliphatic carbocycles. The Morgan fingerprint density at radius 2 is 2.05 bits per heavy atom. The minimum absolute atomic E-state index is 0.271. The number of aryl methyl sites for hydroxylation is 2. The molecule has 4 nitrogen and oxygen atoms in total. The molecule has 0 saturated carbocycles. The largest absolute Gasteiger partial charge is 0.494 e. The van der Waals surface area contributed by atoms with E-state index in [1.165, 1.54) is 13.2 Å². The van der Waals surface area contributed by atoms with E-state index in [1.807, 2.05) is 19.9 Å². The van der Waals surface area contributed by atoms with E-state index >= 15 is 0 Å². The maximum Gasteiger partial charge on any atom is 0.165 e. The normalized spacial score (nSPS) is 11.1. The van der Waals surface area contributed by atoms with Gasteiger partial charge in [-0.05, 0) is 38.1 Å². The molecule has 0 saturated heterocycles. The maximum absolute atomic E-state index is 13.7. The summed E-state index contributed by atoms with van der Waals surface area (Å²) in [5.41, 5.74) is 2.93. The maximum atomic E-state index is 13.7. The monoisotopic (exact) mass is 292 g/mol. The zero-order valence-corrected chi connectivity index (χ0v) is 12.9. The van der Waals surface area contributed by atoms with Gasteiger partial charge in [-0.15, -0.1) is 0 Å². The van der Waals surface area contributed by atoms with Crippen molar-refractivity contribution in [1.29, 1.82) is 0 Å². The zero-order chi connectivity index (χ0) is 15.4. The van der Waals surface area contributed by atoms with Crippen molar-refractivity contribution in [2.45, 2.75) is 33.9 Å². The Bertz CT molecular complexity index is 591. The van der Waals surface area contributed by atoms with E-state index in [9.17, 15) is 4.39 Å². The highest BCUT2D eigenvalue weighted by molar-refractivity contribution is 5.29. The summed E-state index contributed by atoms with van der Waals surface area (Å²) in [5, 5.41) is 3.97. The molecule has 1 aromatic heterocycles. The highest BCUT2D eigenvalue weighted by Crippen LogP contribution is 2.20. The van der Waals surface area contributed by atoms with Crippen molar-refractivity contribution < 1.29 is 13.7 Å². The third-order valence-electron chi connectivity index (χ3n) is 3.63. The van der Waals surface area contributed by atoms with Crippen LogP contribution in [-0.4, -0.2) is 23.7 Å². The number of halogens is 1. The smallest absolute Gasteiger partial charge is 0.165 e. The summed E-state index contributed by atoms with van der Waals surface area (Å²) in [4.78, 5) is 2.22. The number of rotatable bonds is 6. The second-order valence-electron chi connectivity index (χ2n) is 5.07. The first-order valence-electron chi connectivity index (χ1n) is 7.01. The van der Waals surface area contributed by atoms with Gasteiger partial charge in [0.2, 0.25) is 0 Å². The van der Waals surface area contributed by atoms with Gasteiger partial charge in [-0.1, -0.05) is 18.1 Å². The molecule has 0 amide bonds. The van der Waals surface area contributed by atoms with Crippen LogP contribution in [0.4, 0.5) is 4.39 Å². The van der Waals surface area contributed by atoms with Crippen molar-refractivity contribution >= 4 is 0 Å². The van der Waals surface area contributed by atoms with Crippen LogP contribution in [0.1, 0.15) is 29.5 Å². The van der Waals surface area contributed by atoms with Crippen LogP contribution in [0.3, 0.4) is 0 Å². The Kier molecular flexibility index (Phi) is 4.96. The Hall–Kier alpha value is -1.88. The standard InChI is InChI=1S/C16H21FN2O2/c1-5-19(10-14-11(2)18-21-12(14)3)9-13-6-7-16(20-4)15(17)8-13/h6-8H,5,9-10H2,1-4H3. The number of benzene rings is 1. The van der Waals surface area contributed by atoms with Crippen LogP contribution in [-0.2, 0) is 13.1 Å². The summed E-state index contributed by atoms with van der Waals surface area (Å²) < 4.78 is 23.9. The fourth-order valence-electron chi connectivity index (χ4n) is 2.30. The Morgan fingerprint density at radius 3 is 2.57 bits per heavy atom. The Morgan fingerprint density at radius 1 is 1.29 bits per heavy atom. The lowest BCUT2D eigenvalue weighted by atomic mass is 10.1. The summed E-state index contributed by atoms with van der Waals surface area (Å²) in [6, 6.07) is 5.07. The summed E-state index contributed by atoms with van der Waals surface area (Å²) in [5.74, 6) is 0.780. The summed E-state index contributed by atoms with van der Waals surface area (Å²) in [6.45, 7) is 8.20. The molecule has 0 bridgehead atoms. The molecule has 0 aliphatic rings. The van der Waals surface area contributed by atoms with Gasteiger partial charge in [-0.25, -0.2) is 4.39 Å². The van der Waals surface area contributed by atoms with Gasteiger partial charge in [0.05, 0.1) is 12.8 Å². The first-order valence-corrected chi connectivity index (χ1v) is 7.01. The third-order valence-corrected chi connectivity index (χ3v) is 3.63. The van der Waals surface area contributed by atoms with E-state index in [0.29, 0.717) is 6.54 Å². The highest BCUT2D eigenvalue weighted by atomic mass is 19.1. The topological polar surface area (TPSA) is 38.5 Å². The molecule has 0 spiro atoms. The van der Waals surface area contributed by atoms with Crippen LogP contribution >= 0.6 is 0 Å². The molecule has 0 N–H and O–H groups in total. The molecular formula is C16H21FN2O2. The first kappa shape index (κ1) is 15.5. The number of nitrogens with zero attached hydrogens (tertiary/aromatic N) is 2. The second-order valence-corrected chi connectivity index (χ2v) is 5.07. The van der Waals surface area contributed by atoms with E-state index in [0.717, 1.165) is 35.7 Å². The van der Waals surface area contributed by atoms with Crippen LogP contribution < -0.4 is 4.74 Å². The average molecular weight is 292 g/mol. The minimum Gasteiger partial charge on any atom is -0.494 e. The lowest BCUT2D eigenvalue weighted by Crippen LogP contribution is -2.23. The molecule has 5 heteroatoms. The third kappa shape index (κ3) is 3.61. The van der Waals surface area contributed by atoms with Crippen LogP contribution in [0, 0.1) is 19.7 Å². The lowest BCUT2D eigenvalue weighted by molar-refractivity contribution is 0.268. The molecule has 21 heavy (non-hydrogen) atoms. The Labute approximate surface area is 124 Å². The number of ether oxygens (including phenoxy) is 1. The van der Waals surface area contributed by atoms with Crippen molar-refractivity contribution in [2.75, 3.05) is 13.7 Å². The van der Waals surface area contributed by atoms with E-state index < -0.39 is 0 Å². The SMILES string of the molecule is CCN(Cc1ccc(OC)c(F)c1)Cc1c(C)noc1C. The molecule has 0 radical (unpaired) electrons. The fraction of sp³-hybridized carbons (Fsp3) is 0.438. The Balaban J connectivity index is 2.10. The lowest BCUT2D eigenvalue weighted by Gasteiger charge is -2.20. The first-order chi connectivity index (χ1) is 10.0. The summed E-state index contributed by atoms with van der Waals surface area (Å²) in [6.07, 6.45) is 0. The molecule has 1 heterocycles. The molecule has 0 atom stereocenters. The van der Waals surface area contributed by atoms with Gasteiger partial charge in [-0.3, -0.25) is 4.90 Å². The molecule has 0 fully saturated rings. The average Bonchev–Trinajstić information content (AvgIpc) is 2.78. The number of hydrogen-bond donors (Lipinski definition) is 0.